The molecule has 100 valence electrons. The van der Waals surface area contributed by atoms with Gasteiger partial charge in [-0.25, -0.2) is 0 Å². The number of hydrogen-bond donors (Lipinski definition) is 2. The summed E-state index contributed by atoms with van der Waals surface area (Å²) >= 11 is 0. The number of carbonyl (C=O) groups is 2. The van der Waals surface area contributed by atoms with Crippen LogP contribution in [-0.2, 0) is 9.59 Å². The van der Waals surface area contributed by atoms with Crippen LogP contribution in [-0.4, -0.2) is 42.9 Å². The number of rotatable bonds is 4. The van der Waals surface area contributed by atoms with Crippen LogP contribution in [0.1, 0.15) is 26.2 Å². The van der Waals surface area contributed by atoms with Crippen LogP contribution in [0, 0.1) is 5.92 Å². The van der Waals surface area contributed by atoms with Gasteiger partial charge in [-0.15, -0.1) is 12.4 Å². The number of carbonyl (C=O) groups excluding carboxylic acids is 2. The summed E-state index contributed by atoms with van der Waals surface area (Å²) in [5, 5.41) is 2.78. The van der Waals surface area contributed by atoms with Crippen molar-refractivity contribution < 1.29 is 9.59 Å². The molecule has 1 fully saturated rings. The maximum absolute atomic E-state index is 11.7. The topological polar surface area (TPSA) is 75.4 Å². The molecule has 0 spiro atoms. The number of hydrogen-bond acceptors (Lipinski definition) is 3. The molecule has 2 amide bonds. The van der Waals surface area contributed by atoms with E-state index in [-0.39, 0.29) is 30.1 Å². The molecule has 1 saturated heterocycles. The number of amides is 2. The fraction of sp³-hybridized carbons (Fsp3) is 0.818. The van der Waals surface area contributed by atoms with Gasteiger partial charge in [-0.1, -0.05) is 6.92 Å². The number of nitrogens with zero attached hydrogens (tertiary/aromatic N) is 1. The average molecular weight is 264 g/mol. The zero-order valence-corrected chi connectivity index (χ0v) is 11.1. The number of piperidine rings is 1. The SMILES string of the molecule is CCC(=O)N1CCCC(C(=O)NCCN)C1.Cl. The normalized spacial score (nSPS) is 19.4. The van der Waals surface area contributed by atoms with Gasteiger partial charge in [0.25, 0.3) is 0 Å². The van der Waals surface area contributed by atoms with E-state index in [4.69, 9.17) is 5.73 Å². The zero-order valence-electron chi connectivity index (χ0n) is 10.3. The average Bonchev–Trinajstić information content (AvgIpc) is 2.35. The lowest BCUT2D eigenvalue weighted by atomic mass is 9.97. The molecule has 3 N–H and O–H groups in total. The van der Waals surface area contributed by atoms with Crippen molar-refractivity contribution in [3.8, 4) is 0 Å². The second kappa shape index (κ2) is 8.31. The van der Waals surface area contributed by atoms with Gasteiger partial charge in [0.1, 0.15) is 0 Å². The minimum Gasteiger partial charge on any atom is -0.355 e. The second-order valence-corrected chi connectivity index (χ2v) is 4.11. The lowest BCUT2D eigenvalue weighted by Gasteiger charge is -2.31. The quantitative estimate of drug-likeness (QED) is 0.757. The third kappa shape index (κ3) is 4.91. The van der Waals surface area contributed by atoms with Gasteiger partial charge in [-0.2, -0.15) is 0 Å². The number of halogens is 1. The molecule has 0 aromatic carbocycles. The van der Waals surface area contributed by atoms with Crippen molar-refractivity contribution in [1.29, 1.82) is 0 Å². The van der Waals surface area contributed by atoms with Crippen LogP contribution in [0.3, 0.4) is 0 Å². The van der Waals surface area contributed by atoms with Crippen LogP contribution in [0.2, 0.25) is 0 Å². The smallest absolute Gasteiger partial charge is 0.224 e. The van der Waals surface area contributed by atoms with Crippen molar-refractivity contribution in [2.75, 3.05) is 26.2 Å². The van der Waals surface area contributed by atoms with Crippen LogP contribution in [0.15, 0.2) is 0 Å². The Labute approximate surface area is 109 Å². The molecule has 0 saturated carbocycles. The van der Waals surface area contributed by atoms with E-state index in [0.717, 1.165) is 19.4 Å². The highest BCUT2D eigenvalue weighted by Gasteiger charge is 2.27. The van der Waals surface area contributed by atoms with Crippen LogP contribution in [0.25, 0.3) is 0 Å². The summed E-state index contributed by atoms with van der Waals surface area (Å²) in [7, 11) is 0. The van der Waals surface area contributed by atoms with Gasteiger partial charge in [0.05, 0.1) is 5.92 Å². The second-order valence-electron chi connectivity index (χ2n) is 4.11. The van der Waals surface area contributed by atoms with Crippen molar-refractivity contribution in [2.45, 2.75) is 26.2 Å². The summed E-state index contributed by atoms with van der Waals surface area (Å²) in [6.07, 6.45) is 2.29. The fourth-order valence-electron chi connectivity index (χ4n) is 1.98. The molecule has 1 unspecified atom stereocenters. The molecular formula is C11H22ClN3O2. The Balaban J connectivity index is 0.00000256. The van der Waals surface area contributed by atoms with E-state index in [1.807, 2.05) is 6.92 Å². The van der Waals surface area contributed by atoms with Crippen LogP contribution < -0.4 is 11.1 Å². The summed E-state index contributed by atoms with van der Waals surface area (Å²) < 4.78 is 0. The molecule has 0 aromatic rings. The van der Waals surface area contributed by atoms with Gasteiger partial charge in [0, 0.05) is 32.6 Å². The monoisotopic (exact) mass is 263 g/mol. The zero-order chi connectivity index (χ0) is 12.0. The predicted octanol–water partition coefficient (Wildman–Crippen LogP) is 0.132. The Hall–Kier alpha value is -0.810. The van der Waals surface area contributed by atoms with E-state index >= 15 is 0 Å². The van der Waals surface area contributed by atoms with E-state index in [1.54, 1.807) is 4.90 Å². The number of nitrogens with one attached hydrogen (secondary N) is 1. The Morgan fingerprint density at radius 2 is 2.18 bits per heavy atom. The molecule has 5 nitrogen and oxygen atoms in total. The van der Waals surface area contributed by atoms with Crippen LogP contribution >= 0.6 is 12.4 Å². The van der Waals surface area contributed by atoms with Gasteiger partial charge < -0.3 is 16.0 Å². The van der Waals surface area contributed by atoms with Crippen molar-refractivity contribution in [3.05, 3.63) is 0 Å². The lowest BCUT2D eigenvalue weighted by Crippen LogP contribution is -2.46. The third-order valence-electron chi connectivity index (χ3n) is 2.89. The van der Waals surface area contributed by atoms with E-state index in [0.29, 0.717) is 26.1 Å². The maximum Gasteiger partial charge on any atom is 0.224 e. The number of likely N-dealkylation sites (tertiary alicyclic amines) is 1. The molecular weight excluding hydrogens is 242 g/mol. The fourth-order valence-corrected chi connectivity index (χ4v) is 1.98. The van der Waals surface area contributed by atoms with Gasteiger partial charge in [0.2, 0.25) is 11.8 Å². The first-order chi connectivity index (χ1) is 7.69. The molecule has 0 radical (unpaired) electrons. The van der Waals surface area contributed by atoms with Crippen LogP contribution in [0.5, 0.6) is 0 Å². The van der Waals surface area contributed by atoms with Gasteiger partial charge >= 0.3 is 0 Å². The van der Waals surface area contributed by atoms with E-state index in [2.05, 4.69) is 5.32 Å². The van der Waals surface area contributed by atoms with E-state index in [9.17, 15) is 9.59 Å². The van der Waals surface area contributed by atoms with E-state index in [1.165, 1.54) is 0 Å². The first-order valence-electron chi connectivity index (χ1n) is 5.94. The first kappa shape index (κ1) is 16.2. The van der Waals surface area contributed by atoms with Gasteiger partial charge in [0.15, 0.2) is 0 Å². The molecule has 17 heavy (non-hydrogen) atoms. The minimum absolute atomic E-state index is 0. The minimum atomic E-state index is -0.0594. The summed E-state index contributed by atoms with van der Waals surface area (Å²) in [6.45, 7) is 4.16. The predicted molar refractivity (Wildman–Crippen MR) is 68.9 cm³/mol. The molecule has 1 rings (SSSR count). The highest BCUT2D eigenvalue weighted by Crippen LogP contribution is 2.17. The molecule has 1 aliphatic rings. The van der Waals surface area contributed by atoms with Crippen molar-refractivity contribution in [1.82, 2.24) is 10.2 Å². The molecule has 1 heterocycles. The highest BCUT2D eigenvalue weighted by molar-refractivity contribution is 5.85. The van der Waals surface area contributed by atoms with Crippen LogP contribution in [0.4, 0.5) is 0 Å². The van der Waals surface area contributed by atoms with Crippen molar-refractivity contribution in [3.63, 3.8) is 0 Å². The van der Waals surface area contributed by atoms with Gasteiger partial charge in [-0.3, -0.25) is 9.59 Å². The van der Waals surface area contributed by atoms with Gasteiger partial charge in [-0.05, 0) is 12.8 Å². The van der Waals surface area contributed by atoms with Crippen molar-refractivity contribution in [2.24, 2.45) is 11.7 Å². The maximum atomic E-state index is 11.7. The summed E-state index contributed by atoms with van der Waals surface area (Å²) in [5.74, 6) is 0.103. The molecule has 0 aromatic heterocycles. The molecule has 1 atom stereocenters. The molecule has 0 aliphatic carbocycles. The molecule has 0 bridgehead atoms. The Morgan fingerprint density at radius 1 is 1.47 bits per heavy atom. The molecule has 6 heteroatoms. The Kier molecular flexibility index (Phi) is 7.91. The molecule has 1 aliphatic heterocycles. The summed E-state index contributed by atoms with van der Waals surface area (Å²) in [4.78, 5) is 25.0. The summed E-state index contributed by atoms with van der Waals surface area (Å²) in [6, 6.07) is 0. The Morgan fingerprint density at radius 3 is 2.76 bits per heavy atom. The number of nitrogens with two attached hydrogens (primary N) is 1. The first-order valence-corrected chi connectivity index (χ1v) is 5.94. The third-order valence-corrected chi connectivity index (χ3v) is 2.89. The van der Waals surface area contributed by atoms with Crippen molar-refractivity contribution >= 4 is 24.2 Å². The lowest BCUT2D eigenvalue weighted by molar-refractivity contribution is -0.135. The van der Waals surface area contributed by atoms with E-state index < -0.39 is 0 Å². The Bertz CT molecular complexity index is 261. The summed E-state index contributed by atoms with van der Waals surface area (Å²) in [5.41, 5.74) is 5.32. The highest BCUT2D eigenvalue weighted by atomic mass is 35.5. The largest absolute Gasteiger partial charge is 0.355 e. The standard InChI is InChI=1S/C11H21N3O2.ClH/c1-2-10(15)14-7-3-4-9(8-14)11(16)13-6-5-12;/h9H,2-8,12H2,1H3,(H,13,16);1H.